The number of hydrogen-bond donors (Lipinski definition) is 1. The Hall–Kier alpha value is -3.34. The van der Waals surface area contributed by atoms with Crippen LogP contribution < -0.4 is 10.1 Å². The van der Waals surface area contributed by atoms with Gasteiger partial charge in [0.2, 0.25) is 5.91 Å². The van der Waals surface area contributed by atoms with E-state index in [4.69, 9.17) is 9.72 Å². The average molecular weight is 371 g/mol. The van der Waals surface area contributed by atoms with Crippen molar-refractivity contribution < 1.29 is 9.53 Å². The first kappa shape index (κ1) is 16.8. The van der Waals surface area contributed by atoms with E-state index in [-0.39, 0.29) is 12.5 Å². The molecule has 1 aliphatic carbocycles. The Morgan fingerprint density at radius 1 is 1.04 bits per heavy atom. The molecule has 140 valence electrons. The van der Waals surface area contributed by atoms with E-state index < -0.39 is 0 Å². The maximum Gasteiger partial charge on any atom is 0.240 e. The molecule has 1 fully saturated rings. The highest BCUT2D eigenvalue weighted by atomic mass is 16.5. The third-order valence-corrected chi connectivity index (χ3v) is 5.08. The molecule has 5 rings (SSSR count). The van der Waals surface area contributed by atoms with Crippen molar-refractivity contribution >= 4 is 27.7 Å². The smallest absolute Gasteiger partial charge is 0.240 e. The van der Waals surface area contributed by atoms with E-state index in [0.29, 0.717) is 12.6 Å². The molecular weight excluding hydrogens is 350 g/mol. The van der Waals surface area contributed by atoms with Gasteiger partial charge in [-0.2, -0.15) is 0 Å². The first-order valence-electron chi connectivity index (χ1n) is 9.62. The van der Waals surface area contributed by atoms with Crippen LogP contribution >= 0.6 is 0 Å². The summed E-state index contributed by atoms with van der Waals surface area (Å²) < 4.78 is 8.09. The quantitative estimate of drug-likeness (QED) is 0.556. The van der Waals surface area contributed by atoms with Crippen LogP contribution in [-0.4, -0.2) is 21.5 Å². The van der Waals surface area contributed by atoms with Crippen LogP contribution in [0.5, 0.6) is 5.75 Å². The SMILES string of the molecule is O=C(Cn1c(COc2cccc3ccccc23)nc2ccccc21)NC1CC1. The van der Waals surface area contributed by atoms with E-state index in [1.807, 2.05) is 53.1 Å². The van der Waals surface area contributed by atoms with Gasteiger partial charge in [-0.3, -0.25) is 4.79 Å². The number of imidazole rings is 1. The molecule has 1 saturated carbocycles. The molecule has 5 nitrogen and oxygen atoms in total. The zero-order valence-electron chi connectivity index (χ0n) is 15.5. The summed E-state index contributed by atoms with van der Waals surface area (Å²) in [7, 11) is 0. The van der Waals surface area contributed by atoms with Gasteiger partial charge in [-0.1, -0.05) is 48.5 Å². The lowest BCUT2D eigenvalue weighted by molar-refractivity contribution is -0.121. The molecule has 1 heterocycles. The third-order valence-electron chi connectivity index (χ3n) is 5.08. The molecule has 0 spiro atoms. The highest BCUT2D eigenvalue weighted by molar-refractivity contribution is 5.88. The monoisotopic (exact) mass is 371 g/mol. The van der Waals surface area contributed by atoms with E-state index in [2.05, 4.69) is 23.5 Å². The average Bonchev–Trinajstić information content (AvgIpc) is 3.47. The van der Waals surface area contributed by atoms with Crippen LogP contribution in [0.4, 0.5) is 0 Å². The number of nitrogens with one attached hydrogen (secondary N) is 1. The van der Waals surface area contributed by atoms with Crippen LogP contribution in [0.2, 0.25) is 0 Å². The predicted molar refractivity (Wildman–Crippen MR) is 109 cm³/mol. The molecule has 0 atom stereocenters. The van der Waals surface area contributed by atoms with Crippen LogP contribution in [-0.2, 0) is 17.9 Å². The van der Waals surface area contributed by atoms with Gasteiger partial charge in [0.25, 0.3) is 0 Å². The van der Waals surface area contributed by atoms with Crippen LogP contribution in [0.25, 0.3) is 21.8 Å². The van der Waals surface area contributed by atoms with Gasteiger partial charge in [-0.15, -0.1) is 0 Å². The van der Waals surface area contributed by atoms with E-state index in [1.54, 1.807) is 0 Å². The number of rotatable bonds is 6. The van der Waals surface area contributed by atoms with Crippen molar-refractivity contribution in [2.75, 3.05) is 0 Å². The largest absolute Gasteiger partial charge is 0.485 e. The maximum absolute atomic E-state index is 12.4. The number of amides is 1. The van der Waals surface area contributed by atoms with E-state index >= 15 is 0 Å². The summed E-state index contributed by atoms with van der Waals surface area (Å²) in [5.41, 5.74) is 1.82. The molecule has 0 bridgehead atoms. The van der Waals surface area contributed by atoms with Gasteiger partial charge in [-0.05, 0) is 36.4 Å². The number of carbonyl (C=O) groups is 1. The summed E-state index contributed by atoms with van der Waals surface area (Å²) in [4.78, 5) is 17.1. The molecule has 4 aromatic rings. The van der Waals surface area contributed by atoms with Gasteiger partial charge in [0.05, 0.1) is 11.0 Å². The Labute approximate surface area is 162 Å². The molecule has 0 aliphatic heterocycles. The van der Waals surface area contributed by atoms with E-state index in [0.717, 1.165) is 46.2 Å². The lowest BCUT2D eigenvalue weighted by Gasteiger charge is -2.12. The van der Waals surface area contributed by atoms with Crippen molar-refractivity contribution in [3.05, 3.63) is 72.6 Å². The summed E-state index contributed by atoms with van der Waals surface area (Å²) in [6, 6.07) is 22.4. The van der Waals surface area contributed by atoms with Gasteiger partial charge < -0.3 is 14.6 Å². The number of para-hydroxylation sites is 2. The van der Waals surface area contributed by atoms with E-state index in [1.165, 1.54) is 0 Å². The molecule has 0 saturated heterocycles. The minimum absolute atomic E-state index is 0.0251. The number of benzene rings is 3. The molecule has 0 unspecified atom stereocenters. The third kappa shape index (κ3) is 3.31. The number of nitrogens with zero attached hydrogens (tertiary/aromatic N) is 2. The molecule has 3 aromatic carbocycles. The number of hydrogen-bond acceptors (Lipinski definition) is 3. The van der Waals surface area contributed by atoms with Gasteiger partial charge in [0, 0.05) is 11.4 Å². The van der Waals surface area contributed by atoms with Crippen molar-refractivity contribution in [2.24, 2.45) is 0 Å². The van der Waals surface area contributed by atoms with Crippen LogP contribution in [0.1, 0.15) is 18.7 Å². The first-order valence-corrected chi connectivity index (χ1v) is 9.62. The lowest BCUT2D eigenvalue weighted by atomic mass is 10.1. The van der Waals surface area contributed by atoms with Gasteiger partial charge in [0.1, 0.15) is 24.7 Å². The number of aromatic nitrogens is 2. The molecule has 1 N–H and O–H groups in total. The van der Waals surface area contributed by atoms with E-state index in [9.17, 15) is 4.79 Å². The fourth-order valence-corrected chi connectivity index (χ4v) is 3.52. The molecule has 0 radical (unpaired) electrons. The number of carbonyl (C=O) groups excluding carboxylic acids is 1. The molecule has 28 heavy (non-hydrogen) atoms. The number of fused-ring (bicyclic) bond motifs is 2. The predicted octanol–water partition coefficient (Wildman–Crippen LogP) is 4.05. The summed E-state index contributed by atoms with van der Waals surface area (Å²) in [6.45, 7) is 0.560. The molecular formula is C23H21N3O2. The highest BCUT2D eigenvalue weighted by Gasteiger charge is 2.24. The van der Waals surface area contributed by atoms with Crippen LogP contribution in [0, 0.1) is 0 Å². The second-order valence-corrected chi connectivity index (χ2v) is 7.21. The van der Waals surface area contributed by atoms with Crippen molar-refractivity contribution in [2.45, 2.75) is 32.0 Å². The van der Waals surface area contributed by atoms with Crippen LogP contribution in [0.3, 0.4) is 0 Å². The van der Waals surface area contributed by atoms with Crippen LogP contribution in [0.15, 0.2) is 66.7 Å². The normalized spacial score (nSPS) is 13.7. The van der Waals surface area contributed by atoms with Crippen molar-refractivity contribution in [3.63, 3.8) is 0 Å². The molecule has 1 aliphatic rings. The zero-order chi connectivity index (χ0) is 18.9. The Kier molecular flexibility index (Phi) is 4.20. The van der Waals surface area contributed by atoms with Crippen molar-refractivity contribution in [1.82, 2.24) is 14.9 Å². The van der Waals surface area contributed by atoms with Gasteiger partial charge in [-0.25, -0.2) is 4.98 Å². The minimum Gasteiger partial charge on any atom is -0.485 e. The molecule has 1 aromatic heterocycles. The minimum atomic E-state index is 0.0251. The fraction of sp³-hybridized carbons (Fsp3) is 0.217. The van der Waals surface area contributed by atoms with Crippen molar-refractivity contribution in [3.8, 4) is 5.75 Å². The Balaban J connectivity index is 1.44. The lowest BCUT2D eigenvalue weighted by Crippen LogP contribution is -2.30. The summed E-state index contributed by atoms with van der Waals surface area (Å²) >= 11 is 0. The number of ether oxygens (including phenoxy) is 1. The first-order chi connectivity index (χ1) is 13.8. The Bertz CT molecular complexity index is 1160. The molecule has 5 heteroatoms. The highest BCUT2D eigenvalue weighted by Crippen LogP contribution is 2.26. The topological polar surface area (TPSA) is 56.2 Å². The zero-order valence-corrected chi connectivity index (χ0v) is 15.5. The standard InChI is InChI=1S/C23H21N3O2/c27-23(24-17-12-13-17)14-26-20-10-4-3-9-19(20)25-22(26)15-28-21-11-5-7-16-6-1-2-8-18(16)21/h1-11,17H,12-15H2,(H,24,27). The maximum atomic E-state index is 12.4. The van der Waals surface area contributed by atoms with Crippen molar-refractivity contribution in [1.29, 1.82) is 0 Å². The van der Waals surface area contributed by atoms with Gasteiger partial charge in [0.15, 0.2) is 0 Å². The second-order valence-electron chi connectivity index (χ2n) is 7.21. The Morgan fingerprint density at radius 2 is 1.82 bits per heavy atom. The summed E-state index contributed by atoms with van der Waals surface area (Å²) in [5, 5.41) is 5.26. The second kappa shape index (κ2) is 7.00. The Morgan fingerprint density at radius 3 is 2.71 bits per heavy atom. The molecule has 1 amide bonds. The fourth-order valence-electron chi connectivity index (χ4n) is 3.52. The summed E-state index contributed by atoms with van der Waals surface area (Å²) in [6.07, 6.45) is 2.15. The summed E-state index contributed by atoms with van der Waals surface area (Å²) in [5.74, 6) is 1.59. The van der Waals surface area contributed by atoms with Gasteiger partial charge >= 0.3 is 0 Å².